The van der Waals surface area contributed by atoms with E-state index in [0.717, 1.165) is 11.1 Å². The van der Waals surface area contributed by atoms with Gasteiger partial charge in [0.2, 0.25) is 5.60 Å². The Morgan fingerprint density at radius 1 is 1.19 bits per heavy atom. The highest BCUT2D eigenvalue weighted by molar-refractivity contribution is 6.31. The molecule has 5 rings (SSSR count). The van der Waals surface area contributed by atoms with E-state index in [4.69, 9.17) is 27.9 Å². The predicted octanol–water partition coefficient (Wildman–Crippen LogP) is 4.61. The van der Waals surface area contributed by atoms with Crippen molar-refractivity contribution in [3.05, 3.63) is 63.6 Å². The number of H-pyrrole nitrogens is 1. The summed E-state index contributed by atoms with van der Waals surface area (Å²) in [5.74, 6) is -0.101. The van der Waals surface area contributed by atoms with Crippen LogP contribution in [0.5, 0.6) is 5.75 Å². The number of nitrogens with zero attached hydrogens (tertiary/aromatic N) is 1. The topological polar surface area (TPSA) is 87.2 Å². The molecule has 0 saturated heterocycles. The largest absolute Gasteiger partial charge is 0.478 e. The van der Waals surface area contributed by atoms with Crippen LogP contribution < -0.4 is 10.1 Å². The molecular formula is C19H13Cl2N3O3. The van der Waals surface area contributed by atoms with Crippen LogP contribution in [0.1, 0.15) is 23.6 Å². The van der Waals surface area contributed by atoms with Gasteiger partial charge in [-0.3, -0.25) is 5.10 Å². The number of rotatable bonds is 2. The number of benzene rings is 2. The van der Waals surface area contributed by atoms with Crippen LogP contribution in [0.15, 0.2) is 42.5 Å². The lowest BCUT2D eigenvalue weighted by Gasteiger charge is -2.43. The van der Waals surface area contributed by atoms with Crippen molar-refractivity contribution in [2.75, 3.05) is 5.32 Å². The second kappa shape index (κ2) is 5.65. The first kappa shape index (κ1) is 16.5. The van der Waals surface area contributed by atoms with Crippen LogP contribution in [0.4, 0.5) is 5.82 Å². The highest BCUT2D eigenvalue weighted by Crippen LogP contribution is 2.53. The zero-order valence-corrected chi connectivity index (χ0v) is 15.3. The summed E-state index contributed by atoms with van der Waals surface area (Å²) in [6, 6.07) is 12.0. The Balaban J connectivity index is 1.72. The monoisotopic (exact) mass is 401 g/mol. The van der Waals surface area contributed by atoms with Gasteiger partial charge in [0.05, 0.1) is 17.3 Å². The molecule has 2 atom stereocenters. The lowest BCUT2D eigenvalue weighted by atomic mass is 9.78. The zero-order valence-electron chi connectivity index (χ0n) is 13.8. The Labute approximate surface area is 164 Å². The minimum absolute atomic E-state index is 0.225. The van der Waals surface area contributed by atoms with Crippen molar-refractivity contribution in [2.24, 2.45) is 0 Å². The van der Waals surface area contributed by atoms with Gasteiger partial charge >= 0.3 is 5.97 Å². The number of fused-ring (bicyclic) bond motifs is 6. The molecule has 3 N–H and O–H groups in total. The maximum absolute atomic E-state index is 12.4. The molecule has 0 amide bonds. The molecule has 27 heavy (non-hydrogen) atoms. The Hall–Kier alpha value is -2.70. The summed E-state index contributed by atoms with van der Waals surface area (Å²) in [6.07, 6.45) is 0.225. The Morgan fingerprint density at radius 2 is 1.93 bits per heavy atom. The van der Waals surface area contributed by atoms with Gasteiger partial charge in [0.1, 0.15) is 5.75 Å². The van der Waals surface area contributed by atoms with Gasteiger partial charge in [-0.1, -0.05) is 35.3 Å². The maximum atomic E-state index is 12.4. The molecule has 1 aromatic heterocycles. The van der Waals surface area contributed by atoms with E-state index in [2.05, 4.69) is 15.5 Å². The third-order valence-electron chi connectivity index (χ3n) is 5.08. The van der Waals surface area contributed by atoms with Crippen LogP contribution in [0, 0.1) is 0 Å². The second-order valence-electron chi connectivity index (χ2n) is 6.65. The number of ether oxygens (including phenoxy) is 1. The number of halogens is 2. The molecule has 136 valence electrons. The Kier molecular flexibility index (Phi) is 3.44. The minimum atomic E-state index is -1.55. The number of carbonyl (C=O) groups is 1. The fourth-order valence-electron chi connectivity index (χ4n) is 3.86. The molecule has 0 spiro atoms. The van der Waals surface area contributed by atoms with Crippen molar-refractivity contribution in [3.8, 4) is 17.0 Å². The molecule has 3 heterocycles. The SMILES string of the molecule is O=C(O)C12CC(Nc3n[nH]c(-c4ccc(Cl)cc4)c31)c1cc(Cl)ccc1O2. The van der Waals surface area contributed by atoms with Crippen LogP contribution in [-0.2, 0) is 10.4 Å². The van der Waals surface area contributed by atoms with Gasteiger partial charge < -0.3 is 15.2 Å². The lowest BCUT2D eigenvalue weighted by Crippen LogP contribution is -2.49. The van der Waals surface area contributed by atoms with Gasteiger partial charge in [0.25, 0.3) is 0 Å². The van der Waals surface area contributed by atoms with Gasteiger partial charge in [-0.05, 0) is 30.3 Å². The van der Waals surface area contributed by atoms with Crippen molar-refractivity contribution in [1.82, 2.24) is 10.2 Å². The van der Waals surface area contributed by atoms with Crippen molar-refractivity contribution in [3.63, 3.8) is 0 Å². The average Bonchev–Trinajstić information content (AvgIpc) is 3.07. The van der Waals surface area contributed by atoms with E-state index in [1.165, 1.54) is 0 Å². The second-order valence-corrected chi connectivity index (χ2v) is 7.52. The standard InChI is InChI=1S/C19H13Cl2N3O3/c20-10-3-1-9(2-4-10)16-15-17(24-23-16)22-13-8-19(15,18(25)26)27-14-6-5-11(21)7-12(13)14/h1-7,13H,8H2,(H,25,26)(H2,22,23,24). The van der Waals surface area contributed by atoms with E-state index >= 15 is 0 Å². The predicted molar refractivity (Wildman–Crippen MR) is 101 cm³/mol. The van der Waals surface area contributed by atoms with Gasteiger partial charge in [0, 0.05) is 27.6 Å². The molecule has 2 unspecified atom stereocenters. The number of hydrogen-bond acceptors (Lipinski definition) is 4. The highest BCUT2D eigenvalue weighted by Gasteiger charge is 2.55. The smallest absolute Gasteiger partial charge is 0.353 e. The summed E-state index contributed by atoms with van der Waals surface area (Å²) in [5, 5.41) is 21.9. The van der Waals surface area contributed by atoms with E-state index < -0.39 is 11.6 Å². The van der Waals surface area contributed by atoms with Crippen molar-refractivity contribution >= 4 is 35.0 Å². The van der Waals surface area contributed by atoms with Gasteiger partial charge in [-0.15, -0.1) is 0 Å². The van der Waals surface area contributed by atoms with E-state index in [-0.39, 0.29) is 12.5 Å². The molecule has 0 aliphatic carbocycles. The van der Waals surface area contributed by atoms with E-state index in [9.17, 15) is 9.90 Å². The zero-order chi connectivity index (χ0) is 18.8. The fraction of sp³-hybridized carbons (Fsp3) is 0.158. The molecule has 0 radical (unpaired) electrons. The van der Waals surface area contributed by atoms with Crippen LogP contribution in [0.25, 0.3) is 11.3 Å². The molecule has 2 aromatic carbocycles. The van der Waals surface area contributed by atoms with Crippen LogP contribution >= 0.6 is 23.2 Å². The van der Waals surface area contributed by atoms with E-state index in [0.29, 0.717) is 32.9 Å². The van der Waals surface area contributed by atoms with Crippen molar-refractivity contribution < 1.29 is 14.6 Å². The number of nitrogens with one attached hydrogen (secondary N) is 2. The Bertz CT molecular complexity index is 1080. The average molecular weight is 402 g/mol. The van der Waals surface area contributed by atoms with E-state index in [1.807, 2.05) is 12.1 Å². The van der Waals surface area contributed by atoms with Gasteiger partial charge in [-0.25, -0.2) is 4.79 Å². The third-order valence-corrected chi connectivity index (χ3v) is 5.57. The van der Waals surface area contributed by atoms with Crippen LogP contribution in [-0.4, -0.2) is 21.3 Å². The summed E-state index contributed by atoms with van der Waals surface area (Å²) < 4.78 is 6.09. The lowest BCUT2D eigenvalue weighted by molar-refractivity contribution is -0.159. The number of carboxylic acids is 1. The molecule has 0 saturated carbocycles. The van der Waals surface area contributed by atoms with Crippen LogP contribution in [0.3, 0.4) is 0 Å². The summed E-state index contributed by atoms with van der Waals surface area (Å²) >= 11 is 12.1. The number of hydrogen-bond donors (Lipinski definition) is 3. The molecule has 3 aromatic rings. The van der Waals surface area contributed by atoms with Gasteiger partial charge in [-0.2, -0.15) is 5.10 Å². The first-order chi connectivity index (χ1) is 13.0. The molecule has 6 nitrogen and oxygen atoms in total. The minimum Gasteiger partial charge on any atom is -0.478 e. The van der Waals surface area contributed by atoms with Crippen molar-refractivity contribution in [2.45, 2.75) is 18.1 Å². The highest BCUT2D eigenvalue weighted by atomic mass is 35.5. The summed E-state index contributed by atoms with van der Waals surface area (Å²) in [4.78, 5) is 12.4. The molecule has 8 heteroatoms. The van der Waals surface area contributed by atoms with Crippen molar-refractivity contribution in [1.29, 1.82) is 0 Å². The normalized spacial score (nSPS) is 22.2. The molecule has 2 bridgehead atoms. The summed E-state index contributed by atoms with van der Waals surface area (Å²) in [6.45, 7) is 0. The number of aromatic nitrogens is 2. The summed E-state index contributed by atoms with van der Waals surface area (Å²) in [7, 11) is 0. The maximum Gasteiger partial charge on any atom is 0.353 e. The first-order valence-corrected chi connectivity index (χ1v) is 9.07. The molecule has 2 aliphatic heterocycles. The number of carboxylic acid groups (broad SMARTS) is 1. The number of anilines is 1. The van der Waals surface area contributed by atoms with E-state index in [1.54, 1.807) is 30.3 Å². The molecular weight excluding hydrogens is 389 g/mol. The molecule has 2 aliphatic rings. The van der Waals surface area contributed by atoms with Gasteiger partial charge in [0.15, 0.2) is 5.82 Å². The molecule has 0 fully saturated rings. The number of aliphatic carboxylic acids is 1. The fourth-order valence-corrected chi connectivity index (χ4v) is 4.17. The number of aromatic amines is 1. The van der Waals surface area contributed by atoms with Crippen LogP contribution in [0.2, 0.25) is 10.0 Å². The Morgan fingerprint density at radius 3 is 2.67 bits per heavy atom. The first-order valence-electron chi connectivity index (χ1n) is 8.31. The summed E-state index contributed by atoms with van der Waals surface area (Å²) in [5.41, 5.74) is 1.12. The third kappa shape index (κ3) is 2.33. The quantitative estimate of drug-likeness (QED) is 0.583.